The van der Waals surface area contributed by atoms with E-state index in [4.69, 9.17) is 26.5 Å². The monoisotopic (exact) mass is 505 g/mol. The number of rotatable bonds is 8. The highest BCUT2D eigenvalue weighted by Crippen LogP contribution is 2.38. The number of hydrogen-bond donors (Lipinski definition) is 1. The van der Waals surface area contributed by atoms with Crippen LogP contribution < -0.4 is 15.2 Å². The number of hydrogen-bond acceptors (Lipinski definition) is 7. The molecule has 1 saturated heterocycles. The van der Waals surface area contributed by atoms with Gasteiger partial charge in [0.05, 0.1) is 36.2 Å². The summed E-state index contributed by atoms with van der Waals surface area (Å²) >= 11 is 1.53. The van der Waals surface area contributed by atoms with E-state index in [1.165, 1.54) is 23.5 Å². The maximum Gasteiger partial charge on any atom is 0.254 e. The molecule has 36 heavy (non-hydrogen) atoms. The van der Waals surface area contributed by atoms with E-state index in [1.807, 2.05) is 6.92 Å². The molecule has 0 unspecified atom stereocenters. The molecule has 2 N–H and O–H groups in total. The Bertz CT molecular complexity index is 1440. The normalized spacial score (nSPS) is 14.2. The zero-order chi connectivity index (χ0) is 25.3. The lowest BCUT2D eigenvalue weighted by atomic mass is 9.89. The van der Waals surface area contributed by atoms with Crippen molar-refractivity contribution in [2.75, 3.05) is 18.9 Å². The molecular weight excluding hydrogens is 481 g/mol. The summed E-state index contributed by atoms with van der Waals surface area (Å²) in [5.74, 6) is 1.05. The number of ether oxygens (including phenoxy) is 3. The molecule has 1 aliphatic rings. The summed E-state index contributed by atoms with van der Waals surface area (Å²) in [6.45, 7) is 13.8. The molecule has 3 heterocycles. The van der Waals surface area contributed by atoms with Crippen molar-refractivity contribution in [3.05, 3.63) is 75.8 Å². The predicted octanol–water partition coefficient (Wildman–Crippen LogP) is 5.99. The van der Waals surface area contributed by atoms with Gasteiger partial charge in [-0.3, -0.25) is 4.68 Å². The van der Waals surface area contributed by atoms with Gasteiger partial charge in [-0.25, -0.2) is 14.2 Å². The van der Waals surface area contributed by atoms with E-state index in [-0.39, 0.29) is 5.41 Å². The first kappa shape index (κ1) is 23.8. The number of aromatic nitrogens is 3. The SMILES string of the molecule is [C-]#[N+]c1c(-c2ccc(Oc3cc(F)cc(OCc4cnc(C)s4)c3)cc2)nn(CC2(C)COC2)c1N. The molecule has 2 aromatic carbocycles. The molecule has 0 bridgehead atoms. The minimum absolute atomic E-state index is 0.0401. The molecule has 1 fully saturated rings. The van der Waals surface area contributed by atoms with Gasteiger partial charge in [-0.1, -0.05) is 19.1 Å². The number of benzene rings is 2. The van der Waals surface area contributed by atoms with Crippen molar-refractivity contribution in [3.8, 4) is 28.5 Å². The van der Waals surface area contributed by atoms with Crippen molar-refractivity contribution in [1.82, 2.24) is 14.8 Å². The number of nitrogens with two attached hydrogens (primary N) is 1. The van der Waals surface area contributed by atoms with Gasteiger partial charge in [-0.15, -0.1) is 11.3 Å². The zero-order valence-corrected chi connectivity index (χ0v) is 20.6. The molecule has 1 aliphatic heterocycles. The van der Waals surface area contributed by atoms with Crippen LogP contribution in [-0.2, 0) is 17.9 Å². The number of halogens is 1. The highest BCUT2D eigenvalue weighted by atomic mass is 32.1. The molecule has 0 aliphatic carbocycles. The molecule has 0 spiro atoms. The molecule has 2 aromatic heterocycles. The van der Waals surface area contributed by atoms with E-state index in [1.54, 1.807) is 41.2 Å². The Morgan fingerprint density at radius 1 is 1.19 bits per heavy atom. The standard InChI is InChI=1S/C26H24FN5O3S/c1-16-30-11-22(36-16)12-34-20-8-18(27)9-21(10-20)35-19-6-4-17(5-7-19)23-24(29-3)25(28)32(31-23)13-26(2)14-33-15-26/h4-11H,12-15,28H2,1-2H3. The maximum atomic E-state index is 14.2. The van der Waals surface area contributed by atoms with Crippen molar-refractivity contribution < 1.29 is 18.6 Å². The zero-order valence-electron chi connectivity index (χ0n) is 19.8. The fourth-order valence-electron chi connectivity index (χ4n) is 3.92. The van der Waals surface area contributed by atoms with Crippen molar-refractivity contribution in [2.45, 2.75) is 27.0 Å². The first-order valence-electron chi connectivity index (χ1n) is 11.3. The Kier molecular flexibility index (Phi) is 6.35. The van der Waals surface area contributed by atoms with Crippen LogP contribution >= 0.6 is 11.3 Å². The first-order chi connectivity index (χ1) is 17.3. The molecular formula is C26H24FN5O3S. The minimum Gasteiger partial charge on any atom is -0.488 e. The summed E-state index contributed by atoms with van der Waals surface area (Å²) in [5, 5.41) is 5.56. The maximum absolute atomic E-state index is 14.2. The van der Waals surface area contributed by atoms with Crippen LogP contribution in [0, 0.1) is 24.7 Å². The van der Waals surface area contributed by atoms with Gasteiger partial charge in [0.25, 0.3) is 5.69 Å². The van der Waals surface area contributed by atoms with E-state index >= 15 is 0 Å². The summed E-state index contributed by atoms with van der Waals surface area (Å²) < 4.78 is 32.8. The van der Waals surface area contributed by atoms with Crippen LogP contribution in [0.3, 0.4) is 0 Å². The Balaban J connectivity index is 1.31. The van der Waals surface area contributed by atoms with Crippen molar-refractivity contribution in [1.29, 1.82) is 0 Å². The van der Waals surface area contributed by atoms with Crippen LogP contribution in [0.5, 0.6) is 17.2 Å². The van der Waals surface area contributed by atoms with Crippen LogP contribution in [-0.4, -0.2) is 28.0 Å². The summed E-state index contributed by atoms with van der Waals surface area (Å²) in [6.07, 6.45) is 1.75. The molecule has 184 valence electrons. The smallest absolute Gasteiger partial charge is 0.254 e. The van der Waals surface area contributed by atoms with E-state index in [0.29, 0.717) is 60.8 Å². The van der Waals surface area contributed by atoms with Gasteiger partial charge >= 0.3 is 0 Å². The van der Waals surface area contributed by atoms with Crippen LogP contribution in [0.1, 0.15) is 16.8 Å². The van der Waals surface area contributed by atoms with Crippen molar-refractivity contribution >= 4 is 22.8 Å². The molecule has 0 radical (unpaired) electrons. The lowest BCUT2D eigenvalue weighted by Crippen LogP contribution is -2.43. The number of aryl methyl sites for hydroxylation is 1. The fraction of sp³-hybridized carbons (Fsp3) is 0.269. The first-order valence-corrected chi connectivity index (χ1v) is 12.1. The predicted molar refractivity (Wildman–Crippen MR) is 135 cm³/mol. The molecule has 0 saturated carbocycles. The second kappa shape index (κ2) is 9.60. The van der Waals surface area contributed by atoms with Crippen LogP contribution in [0.2, 0.25) is 0 Å². The Morgan fingerprint density at radius 3 is 2.58 bits per heavy atom. The second-order valence-corrected chi connectivity index (χ2v) is 10.4. The van der Waals surface area contributed by atoms with E-state index in [9.17, 15) is 4.39 Å². The van der Waals surface area contributed by atoms with Crippen LogP contribution in [0.4, 0.5) is 15.9 Å². The number of anilines is 1. The molecule has 0 atom stereocenters. The Morgan fingerprint density at radius 2 is 1.94 bits per heavy atom. The van der Waals surface area contributed by atoms with Gasteiger partial charge in [-0.2, -0.15) is 5.10 Å². The number of nitrogen functional groups attached to an aromatic ring is 1. The lowest BCUT2D eigenvalue weighted by Gasteiger charge is -2.38. The largest absolute Gasteiger partial charge is 0.488 e. The second-order valence-electron chi connectivity index (χ2n) is 9.04. The molecule has 8 nitrogen and oxygen atoms in total. The number of thiazole rings is 1. The summed E-state index contributed by atoms with van der Waals surface area (Å²) in [7, 11) is 0. The third kappa shape index (κ3) is 5.03. The quantitative estimate of drug-likeness (QED) is 0.296. The summed E-state index contributed by atoms with van der Waals surface area (Å²) in [4.78, 5) is 8.76. The van der Waals surface area contributed by atoms with E-state index in [0.717, 1.165) is 15.4 Å². The number of nitrogens with zero attached hydrogens (tertiary/aromatic N) is 4. The van der Waals surface area contributed by atoms with Crippen LogP contribution in [0.15, 0.2) is 48.7 Å². The fourth-order valence-corrected chi connectivity index (χ4v) is 4.62. The average molecular weight is 506 g/mol. The molecule has 0 amide bonds. The molecule has 4 aromatic rings. The van der Waals surface area contributed by atoms with Gasteiger partial charge < -0.3 is 19.9 Å². The topological polar surface area (TPSA) is 88.8 Å². The molecule has 10 heteroatoms. The van der Waals surface area contributed by atoms with Crippen molar-refractivity contribution in [3.63, 3.8) is 0 Å². The van der Waals surface area contributed by atoms with Gasteiger partial charge in [0.1, 0.15) is 41.2 Å². The van der Waals surface area contributed by atoms with E-state index in [2.05, 4.69) is 21.9 Å². The minimum atomic E-state index is -0.465. The summed E-state index contributed by atoms with van der Waals surface area (Å²) in [5.41, 5.74) is 7.75. The van der Waals surface area contributed by atoms with Gasteiger partial charge in [0.2, 0.25) is 0 Å². The third-order valence-electron chi connectivity index (χ3n) is 5.77. The molecule has 5 rings (SSSR count). The third-order valence-corrected chi connectivity index (χ3v) is 6.65. The van der Waals surface area contributed by atoms with E-state index < -0.39 is 5.82 Å². The highest BCUT2D eigenvalue weighted by Gasteiger charge is 2.35. The highest BCUT2D eigenvalue weighted by molar-refractivity contribution is 7.11. The van der Waals surface area contributed by atoms with Crippen molar-refractivity contribution in [2.24, 2.45) is 5.41 Å². The average Bonchev–Trinajstić information content (AvgIpc) is 3.39. The van der Waals surface area contributed by atoms with Gasteiger partial charge in [0.15, 0.2) is 0 Å². The van der Waals surface area contributed by atoms with Crippen LogP contribution in [0.25, 0.3) is 16.1 Å². The Hall–Kier alpha value is -3.94. The van der Waals surface area contributed by atoms with Gasteiger partial charge in [-0.05, 0) is 24.6 Å². The summed E-state index contributed by atoms with van der Waals surface area (Å²) in [6, 6.07) is 11.3. The van der Waals surface area contributed by atoms with Gasteiger partial charge in [0, 0.05) is 29.8 Å². The lowest BCUT2D eigenvalue weighted by molar-refractivity contribution is -0.111. The Labute approximate surface area is 211 Å².